The van der Waals surface area contributed by atoms with E-state index in [0.29, 0.717) is 28.9 Å². The zero-order valence-corrected chi connectivity index (χ0v) is 14.0. The second-order valence-corrected chi connectivity index (χ2v) is 6.49. The number of hydrogen-bond donors (Lipinski definition) is 2. The molecule has 0 aliphatic rings. The van der Waals surface area contributed by atoms with Crippen LogP contribution in [0.25, 0.3) is 0 Å². The second kappa shape index (κ2) is 9.29. The van der Waals surface area contributed by atoms with E-state index in [2.05, 4.69) is 5.32 Å². The summed E-state index contributed by atoms with van der Waals surface area (Å²) in [6, 6.07) is 5.21. The summed E-state index contributed by atoms with van der Waals surface area (Å²) in [5.41, 5.74) is 1.15. The molecule has 5 heteroatoms. The highest BCUT2D eigenvalue weighted by atomic mass is 35.5. The van der Waals surface area contributed by atoms with Crippen LogP contribution in [0.1, 0.15) is 38.7 Å². The Hall–Kier alpha value is -0.770. The van der Waals surface area contributed by atoms with Crippen molar-refractivity contribution >= 4 is 29.2 Å². The summed E-state index contributed by atoms with van der Waals surface area (Å²) in [6.45, 7) is 4.77. The van der Waals surface area contributed by atoms with Crippen LogP contribution in [-0.4, -0.2) is 23.7 Å². The van der Waals surface area contributed by atoms with Crippen LogP contribution in [0.4, 0.5) is 0 Å². The Morgan fingerprint density at radius 2 is 1.95 bits per heavy atom. The molecule has 0 spiro atoms. The molecule has 1 rings (SSSR count). The van der Waals surface area contributed by atoms with Gasteiger partial charge in [0.1, 0.15) is 6.04 Å². The van der Waals surface area contributed by atoms with Gasteiger partial charge < -0.3 is 10.4 Å². The Kier molecular flexibility index (Phi) is 8.09. The molecular weight excluding hydrogens is 309 g/mol. The quantitative estimate of drug-likeness (QED) is 0.659. The van der Waals surface area contributed by atoms with Gasteiger partial charge in [-0.1, -0.05) is 43.1 Å². The van der Waals surface area contributed by atoms with Gasteiger partial charge in [0.2, 0.25) is 0 Å². The molecular formula is C16H23Cl2NO2. The summed E-state index contributed by atoms with van der Waals surface area (Å²) in [6.07, 6.45) is 3.49. The van der Waals surface area contributed by atoms with Crippen molar-refractivity contribution in [3.63, 3.8) is 0 Å². The molecule has 1 atom stereocenters. The molecule has 0 amide bonds. The van der Waals surface area contributed by atoms with Crippen LogP contribution in [0, 0.1) is 5.92 Å². The van der Waals surface area contributed by atoms with Crippen LogP contribution in [-0.2, 0) is 11.2 Å². The van der Waals surface area contributed by atoms with E-state index in [1.165, 1.54) is 0 Å². The number of benzene rings is 1. The highest BCUT2D eigenvalue weighted by Gasteiger charge is 2.17. The van der Waals surface area contributed by atoms with Crippen LogP contribution in [0.2, 0.25) is 10.0 Å². The highest BCUT2D eigenvalue weighted by Crippen LogP contribution is 2.23. The number of carboxylic acids is 1. The summed E-state index contributed by atoms with van der Waals surface area (Å²) >= 11 is 11.8. The molecule has 0 aromatic heterocycles. The van der Waals surface area contributed by atoms with Gasteiger partial charge in [0.25, 0.3) is 0 Å². The van der Waals surface area contributed by atoms with E-state index in [-0.39, 0.29) is 0 Å². The first-order valence-electron chi connectivity index (χ1n) is 7.30. The van der Waals surface area contributed by atoms with Crippen molar-refractivity contribution in [1.29, 1.82) is 0 Å². The van der Waals surface area contributed by atoms with Gasteiger partial charge in [-0.15, -0.1) is 0 Å². The Labute approximate surface area is 136 Å². The molecule has 21 heavy (non-hydrogen) atoms. The highest BCUT2D eigenvalue weighted by molar-refractivity contribution is 6.42. The van der Waals surface area contributed by atoms with Crippen molar-refractivity contribution in [2.45, 2.75) is 45.6 Å². The number of rotatable bonds is 9. The van der Waals surface area contributed by atoms with E-state index < -0.39 is 12.0 Å². The molecule has 0 bridgehead atoms. The van der Waals surface area contributed by atoms with Crippen molar-refractivity contribution in [1.82, 2.24) is 5.32 Å². The van der Waals surface area contributed by atoms with Gasteiger partial charge in [-0.25, -0.2) is 0 Å². The summed E-state index contributed by atoms with van der Waals surface area (Å²) in [7, 11) is 0. The number of halogens is 2. The van der Waals surface area contributed by atoms with Gasteiger partial charge in [0.15, 0.2) is 0 Å². The molecule has 2 N–H and O–H groups in total. The number of hydrogen-bond acceptors (Lipinski definition) is 2. The van der Waals surface area contributed by atoms with Gasteiger partial charge in [-0.2, -0.15) is 0 Å². The minimum absolute atomic E-state index is 0.370. The minimum Gasteiger partial charge on any atom is -0.480 e. The van der Waals surface area contributed by atoms with Crippen LogP contribution < -0.4 is 5.32 Å². The number of carbonyl (C=O) groups is 1. The predicted molar refractivity (Wildman–Crippen MR) is 88.3 cm³/mol. The molecule has 1 aromatic rings. The number of aliphatic carboxylic acids is 1. The summed E-state index contributed by atoms with van der Waals surface area (Å²) < 4.78 is 0. The molecule has 0 fully saturated rings. The maximum atomic E-state index is 11.1. The van der Waals surface area contributed by atoms with E-state index in [0.717, 1.165) is 24.8 Å². The van der Waals surface area contributed by atoms with Crippen molar-refractivity contribution in [2.75, 3.05) is 6.54 Å². The van der Waals surface area contributed by atoms with Crippen molar-refractivity contribution in [3.05, 3.63) is 33.8 Å². The third kappa shape index (κ3) is 7.16. The molecule has 0 saturated heterocycles. The molecule has 0 heterocycles. The summed E-state index contributed by atoms with van der Waals surface area (Å²) in [5, 5.41) is 13.4. The lowest BCUT2D eigenvalue weighted by atomic mass is 10.0. The van der Waals surface area contributed by atoms with Crippen molar-refractivity contribution in [2.24, 2.45) is 5.92 Å². The zero-order chi connectivity index (χ0) is 15.8. The average Bonchev–Trinajstić information content (AvgIpc) is 2.40. The average molecular weight is 332 g/mol. The maximum Gasteiger partial charge on any atom is 0.320 e. The Bertz CT molecular complexity index is 464. The lowest BCUT2D eigenvalue weighted by molar-refractivity contribution is -0.139. The summed E-state index contributed by atoms with van der Waals surface area (Å²) in [5.74, 6) is -0.400. The van der Waals surface area contributed by atoms with Crippen molar-refractivity contribution in [3.8, 4) is 0 Å². The third-order valence-electron chi connectivity index (χ3n) is 3.27. The number of aryl methyl sites for hydroxylation is 1. The first-order valence-corrected chi connectivity index (χ1v) is 8.06. The SMILES string of the molecule is CC(C)CC(NCCCCc1ccc(Cl)c(Cl)c1)C(=O)O. The van der Waals surface area contributed by atoms with Crippen LogP contribution in [0.5, 0.6) is 0 Å². The molecule has 0 aliphatic carbocycles. The lowest BCUT2D eigenvalue weighted by Gasteiger charge is -2.16. The van der Waals surface area contributed by atoms with Gasteiger partial charge in [0.05, 0.1) is 10.0 Å². The minimum atomic E-state index is -0.770. The molecule has 1 unspecified atom stereocenters. The monoisotopic (exact) mass is 331 g/mol. The fourth-order valence-corrected chi connectivity index (χ4v) is 2.49. The predicted octanol–water partition coefficient (Wildman–Crippen LogP) is 4.41. The Balaban J connectivity index is 2.27. The Morgan fingerprint density at radius 1 is 1.24 bits per heavy atom. The van der Waals surface area contributed by atoms with Crippen LogP contribution in [0.3, 0.4) is 0 Å². The fourth-order valence-electron chi connectivity index (χ4n) is 2.17. The molecule has 118 valence electrons. The smallest absolute Gasteiger partial charge is 0.320 e. The largest absolute Gasteiger partial charge is 0.480 e. The first-order chi connectivity index (χ1) is 9.90. The van der Waals surface area contributed by atoms with Gasteiger partial charge in [-0.05, 0) is 55.8 Å². The van der Waals surface area contributed by atoms with E-state index in [1.54, 1.807) is 6.07 Å². The van der Waals surface area contributed by atoms with E-state index in [9.17, 15) is 4.79 Å². The summed E-state index contributed by atoms with van der Waals surface area (Å²) in [4.78, 5) is 11.1. The molecule has 0 saturated carbocycles. The lowest BCUT2D eigenvalue weighted by Crippen LogP contribution is -2.38. The van der Waals surface area contributed by atoms with Gasteiger partial charge >= 0.3 is 5.97 Å². The standard InChI is InChI=1S/C16H23Cl2NO2/c1-11(2)9-15(16(20)21)19-8-4-3-5-12-6-7-13(17)14(18)10-12/h6-7,10-11,15,19H,3-5,8-9H2,1-2H3,(H,20,21). The number of carboxylic acid groups (broad SMARTS) is 1. The van der Waals surface area contributed by atoms with Crippen LogP contribution in [0.15, 0.2) is 18.2 Å². The fraction of sp³-hybridized carbons (Fsp3) is 0.562. The normalized spacial score (nSPS) is 12.6. The third-order valence-corrected chi connectivity index (χ3v) is 4.01. The molecule has 0 aliphatic heterocycles. The number of nitrogens with one attached hydrogen (secondary N) is 1. The van der Waals surface area contributed by atoms with Gasteiger partial charge in [0, 0.05) is 0 Å². The topological polar surface area (TPSA) is 49.3 Å². The van der Waals surface area contributed by atoms with E-state index in [4.69, 9.17) is 28.3 Å². The molecule has 3 nitrogen and oxygen atoms in total. The second-order valence-electron chi connectivity index (χ2n) is 5.68. The molecule has 0 radical (unpaired) electrons. The zero-order valence-electron chi connectivity index (χ0n) is 12.5. The van der Waals surface area contributed by atoms with E-state index in [1.807, 2.05) is 26.0 Å². The van der Waals surface area contributed by atoms with Gasteiger partial charge in [-0.3, -0.25) is 4.79 Å². The molecule has 1 aromatic carbocycles. The Morgan fingerprint density at radius 3 is 2.52 bits per heavy atom. The number of unbranched alkanes of at least 4 members (excludes halogenated alkanes) is 1. The van der Waals surface area contributed by atoms with Crippen molar-refractivity contribution < 1.29 is 9.90 Å². The maximum absolute atomic E-state index is 11.1. The van der Waals surface area contributed by atoms with Crippen LogP contribution >= 0.6 is 23.2 Å². The first kappa shape index (κ1) is 18.3. The van der Waals surface area contributed by atoms with E-state index >= 15 is 0 Å².